The molecule has 1 aliphatic heterocycles. The maximum atomic E-state index is 12.6. The van der Waals surface area contributed by atoms with E-state index in [4.69, 9.17) is 4.98 Å². The largest absolute Gasteiger partial charge is 0.342 e. The van der Waals surface area contributed by atoms with Gasteiger partial charge in [0.15, 0.2) is 9.84 Å². The van der Waals surface area contributed by atoms with E-state index in [0.717, 1.165) is 72.4 Å². The Labute approximate surface area is 217 Å². The standard InChI is InChI=1S/C30H31N3O3S/c1-20-6-13-28-27(16-20)31-29(33(28)19-21-14-15-32(18-21)30(34)24-11-12-24)23-9-7-22(8-10-23)25-4-3-5-26(17-25)37(2,35)36/h3-10,13,16-17,21,24H,11-12,14-15,18-19H2,1-2H3/t21-/m1/s1. The number of carbonyl (C=O) groups is 1. The van der Waals surface area contributed by atoms with E-state index in [1.54, 1.807) is 18.2 Å². The lowest BCUT2D eigenvalue weighted by atomic mass is 10.0. The van der Waals surface area contributed by atoms with Gasteiger partial charge in [0, 0.05) is 37.4 Å². The first kappa shape index (κ1) is 23.9. The lowest BCUT2D eigenvalue weighted by Crippen LogP contribution is -2.30. The van der Waals surface area contributed by atoms with Crippen molar-refractivity contribution in [2.75, 3.05) is 19.3 Å². The molecule has 1 aromatic heterocycles. The van der Waals surface area contributed by atoms with Crippen molar-refractivity contribution in [3.8, 4) is 22.5 Å². The van der Waals surface area contributed by atoms with Crippen LogP contribution in [0.15, 0.2) is 71.6 Å². The van der Waals surface area contributed by atoms with Crippen LogP contribution in [0.2, 0.25) is 0 Å². The van der Waals surface area contributed by atoms with E-state index >= 15 is 0 Å². The van der Waals surface area contributed by atoms with Gasteiger partial charge in [0.2, 0.25) is 5.91 Å². The summed E-state index contributed by atoms with van der Waals surface area (Å²) in [7, 11) is -3.27. The lowest BCUT2D eigenvalue weighted by molar-refractivity contribution is -0.131. The molecule has 2 aliphatic rings. The Bertz CT molecular complexity index is 1600. The van der Waals surface area contributed by atoms with Crippen molar-refractivity contribution < 1.29 is 13.2 Å². The third-order valence-corrected chi connectivity index (χ3v) is 8.72. The Morgan fingerprint density at radius 2 is 1.70 bits per heavy atom. The highest BCUT2D eigenvalue weighted by Crippen LogP contribution is 2.34. The number of hydrogen-bond donors (Lipinski definition) is 0. The lowest BCUT2D eigenvalue weighted by Gasteiger charge is -2.18. The second-order valence-electron chi connectivity index (χ2n) is 10.6. The Balaban J connectivity index is 1.32. The van der Waals surface area contributed by atoms with Crippen LogP contribution < -0.4 is 0 Å². The van der Waals surface area contributed by atoms with E-state index in [2.05, 4.69) is 46.7 Å². The van der Waals surface area contributed by atoms with Crippen molar-refractivity contribution in [2.24, 2.45) is 11.8 Å². The van der Waals surface area contributed by atoms with Gasteiger partial charge in [-0.2, -0.15) is 0 Å². The van der Waals surface area contributed by atoms with Crippen LogP contribution in [0, 0.1) is 18.8 Å². The normalized spacial score (nSPS) is 18.0. The van der Waals surface area contributed by atoms with Gasteiger partial charge in [-0.1, -0.05) is 42.5 Å². The van der Waals surface area contributed by atoms with Crippen molar-refractivity contribution >= 4 is 26.8 Å². The number of carbonyl (C=O) groups excluding carboxylic acids is 1. The van der Waals surface area contributed by atoms with E-state index in [9.17, 15) is 13.2 Å². The molecule has 0 spiro atoms. The molecule has 2 fully saturated rings. The zero-order valence-corrected chi connectivity index (χ0v) is 22.0. The predicted molar refractivity (Wildman–Crippen MR) is 146 cm³/mol. The first-order valence-electron chi connectivity index (χ1n) is 12.9. The van der Waals surface area contributed by atoms with E-state index < -0.39 is 9.84 Å². The molecule has 4 aromatic rings. The van der Waals surface area contributed by atoms with Gasteiger partial charge < -0.3 is 9.47 Å². The van der Waals surface area contributed by atoms with Gasteiger partial charge in [-0.3, -0.25) is 4.79 Å². The topological polar surface area (TPSA) is 72.3 Å². The van der Waals surface area contributed by atoms with E-state index in [0.29, 0.717) is 16.7 Å². The summed E-state index contributed by atoms with van der Waals surface area (Å²) in [6.07, 6.45) is 4.33. The molecule has 0 radical (unpaired) electrons. The Morgan fingerprint density at radius 1 is 0.946 bits per heavy atom. The molecule has 3 aromatic carbocycles. The molecule has 6 rings (SSSR count). The van der Waals surface area contributed by atoms with E-state index in [1.165, 1.54) is 11.8 Å². The van der Waals surface area contributed by atoms with Crippen molar-refractivity contribution in [1.29, 1.82) is 0 Å². The number of hydrogen-bond acceptors (Lipinski definition) is 4. The summed E-state index contributed by atoms with van der Waals surface area (Å²) in [5.74, 6) is 1.93. The SMILES string of the molecule is Cc1ccc2c(c1)nc(-c1ccc(-c3cccc(S(C)(=O)=O)c3)cc1)n2C[C@@H]1CCN(C(=O)C2CC2)C1. The molecular formula is C30H31N3O3S. The minimum absolute atomic E-state index is 0.267. The molecule has 1 saturated carbocycles. The molecule has 37 heavy (non-hydrogen) atoms. The number of fused-ring (bicyclic) bond motifs is 1. The van der Waals surface area contributed by atoms with E-state index in [1.807, 2.05) is 18.2 Å². The second kappa shape index (κ2) is 9.14. The number of sulfone groups is 1. The number of rotatable bonds is 6. The number of likely N-dealkylation sites (tertiary alicyclic amines) is 1. The molecule has 0 N–H and O–H groups in total. The summed E-state index contributed by atoms with van der Waals surface area (Å²) in [4.78, 5) is 20.0. The smallest absolute Gasteiger partial charge is 0.225 e. The van der Waals surface area contributed by atoms with Crippen molar-refractivity contribution in [3.63, 3.8) is 0 Å². The molecule has 0 bridgehead atoms. The fraction of sp³-hybridized carbons (Fsp3) is 0.333. The first-order chi connectivity index (χ1) is 17.8. The van der Waals surface area contributed by atoms with Crippen LogP contribution in [0.1, 0.15) is 24.8 Å². The monoisotopic (exact) mass is 513 g/mol. The van der Waals surface area contributed by atoms with Crippen molar-refractivity contribution in [2.45, 2.75) is 37.6 Å². The van der Waals surface area contributed by atoms with E-state index in [-0.39, 0.29) is 5.92 Å². The zero-order valence-electron chi connectivity index (χ0n) is 21.2. The third kappa shape index (κ3) is 4.80. The minimum atomic E-state index is -3.27. The number of nitrogens with zero attached hydrogens (tertiary/aromatic N) is 3. The number of aryl methyl sites for hydroxylation is 1. The highest BCUT2D eigenvalue weighted by atomic mass is 32.2. The Hall–Kier alpha value is -3.45. The average molecular weight is 514 g/mol. The van der Waals surface area contributed by atoms with Crippen LogP contribution in [-0.4, -0.2) is 48.1 Å². The molecule has 2 heterocycles. The fourth-order valence-electron chi connectivity index (χ4n) is 5.39. The third-order valence-electron chi connectivity index (χ3n) is 7.61. The number of benzene rings is 3. The quantitative estimate of drug-likeness (QED) is 0.349. The highest BCUT2D eigenvalue weighted by molar-refractivity contribution is 7.90. The molecule has 1 aliphatic carbocycles. The van der Waals surface area contributed by atoms with Crippen molar-refractivity contribution in [1.82, 2.24) is 14.5 Å². The van der Waals surface area contributed by atoms with Gasteiger partial charge in [0.1, 0.15) is 5.82 Å². The molecular weight excluding hydrogens is 482 g/mol. The van der Waals surface area contributed by atoms with Gasteiger partial charge in [0.25, 0.3) is 0 Å². The summed E-state index contributed by atoms with van der Waals surface area (Å²) in [5, 5.41) is 0. The summed E-state index contributed by atoms with van der Waals surface area (Å²) in [6.45, 7) is 4.57. The predicted octanol–water partition coefficient (Wildman–Crippen LogP) is 5.34. The number of amides is 1. The number of imidazole rings is 1. The van der Waals surface area contributed by atoms with Crippen LogP contribution in [-0.2, 0) is 21.2 Å². The van der Waals surface area contributed by atoms with Gasteiger partial charge >= 0.3 is 0 Å². The number of aromatic nitrogens is 2. The van der Waals surface area contributed by atoms with Gasteiger partial charge in [-0.25, -0.2) is 13.4 Å². The second-order valence-corrected chi connectivity index (χ2v) is 12.6. The highest BCUT2D eigenvalue weighted by Gasteiger charge is 2.36. The van der Waals surface area contributed by atoms with Crippen molar-refractivity contribution in [3.05, 3.63) is 72.3 Å². The maximum absolute atomic E-state index is 12.6. The minimum Gasteiger partial charge on any atom is -0.342 e. The molecule has 1 saturated heterocycles. The van der Waals surface area contributed by atoms with Crippen LogP contribution in [0.3, 0.4) is 0 Å². The van der Waals surface area contributed by atoms with Gasteiger partial charge in [-0.05, 0) is 73.1 Å². The molecule has 0 unspecified atom stereocenters. The maximum Gasteiger partial charge on any atom is 0.225 e. The summed E-state index contributed by atoms with van der Waals surface area (Å²) in [5.41, 5.74) is 6.09. The van der Waals surface area contributed by atoms with Gasteiger partial charge in [0.05, 0.1) is 15.9 Å². The van der Waals surface area contributed by atoms with Crippen LogP contribution in [0.5, 0.6) is 0 Å². The van der Waals surface area contributed by atoms with Crippen LogP contribution in [0.4, 0.5) is 0 Å². The summed E-state index contributed by atoms with van der Waals surface area (Å²) >= 11 is 0. The first-order valence-corrected chi connectivity index (χ1v) is 14.8. The molecule has 190 valence electrons. The van der Waals surface area contributed by atoms with Crippen LogP contribution in [0.25, 0.3) is 33.5 Å². The average Bonchev–Trinajstić information content (AvgIpc) is 3.54. The van der Waals surface area contributed by atoms with Crippen LogP contribution >= 0.6 is 0 Å². The Morgan fingerprint density at radius 3 is 2.43 bits per heavy atom. The van der Waals surface area contributed by atoms with Gasteiger partial charge in [-0.15, -0.1) is 0 Å². The molecule has 7 heteroatoms. The Kier molecular flexibility index (Phi) is 5.91. The summed E-state index contributed by atoms with van der Waals surface area (Å²) in [6, 6.07) is 21.6. The fourth-order valence-corrected chi connectivity index (χ4v) is 6.06. The zero-order chi connectivity index (χ0) is 25.7. The molecule has 6 nitrogen and oxygen atoms in total. The summed E-state index contributed by atoms with van der Waals surface area (Å²) < 4.78 is 26.3. The molecule has 1 amide bonds. The molecule has 1 atom stereocenters.